The average molecular weight is 175 g/mol. The van der Waals surface area contributed by atoms with Crippen LogP contribution in [0.3, 0.4) is 0 Å². The fourth-order valence-electron chi connectivity index (χ4n) is 0.848. The molecule has 64 valence electrons. The molecular formula is C8H5N3O2. The monoisotopic (exact) mass is 175 g/mol. The Kier molecular flexibility index (Phi) is 1.84. The van der Waals surface area contributed by atoms with Crippen molar-refractivity contribution in [3.63, 3.8) is 0 Å². The highest BCUT2D eigenvalue weighted by Crippen LogP contribution is 2.08. The maximum Gasteiger partial charge on any atom is 0.276 e. The van der Waals surface area contributed by atoms with E-state index in [1.54, 1.807) is 0 Å². The van der Waals surface area contributed by atoms with Gasteiger partial charge >= 0.3 is 0 Å². The highest BCUT2D eigenvalue weighted by molar-refractivity contribution is 5.42. The van der Waals surface area contributed by atoms with E-state index in [-0.39, 0.29) is 11.4 Å². The third-order valence-electron chi connectivity index (χ3n) is 1.38. The highest BCUT2D eigenvalue weighted by Gasteiger charge is 2.02. The van der Waals surface area contributed by atoms with Crippen LogP contribution >= 0.6 is 0 Å². The molecule has 0 spiro atoms. The van der Waals surface area contributed by atoms with Crippen LogP contribution in [0.4, 0.5) is 0 Å². The Morgan fingerprint density at radius 3 is 2.92 bits per heavy atom. The first-order valence-electron chi connectivity index (χ1n) is 3.58. The summed E-state index contributed by atoms with van der Waals surface area (Å²) in [6.07, 6.45) is 5.79. The quantitative estimate of drug-likeness (QED) is 0.630. The molecule has 5 heteroatoms. The van der Waals surface area contributed by atoms with Crippen LogP contribution in [0, 0.1) is 0 Å². The van der Waals surface area contributed by atoms with Crippen LogP contribution in [0.2, 0.25) is 0 Å². The summed E-state index contributed by atoms with van der Waals surface area (Å²) in [4.78, 5) is 22.2. The van der Waals surface area contributed by atoms with Crippen molar-refractivity contribution in [2.45, 2.75) is 0 Å². The van der Waals surface area contributed by atoms with Crippen LogP contribution in [-0.2, 0) is 0 Å². The van der Waals surface area contributed by atoms with Crippen LogP contribution in [0.5, 0.6) is 0 Å². The first-order chi connectivity index (χ1) is 6.36. The molecule has 0 aliphatic carbocycles. The molecule has 0 aliphatic rings. The Labute approximate surface area is 73.1 Å². The Morgan fingerprint density at radius 2 is 2.23 bits per heavy atom. The van der Waals surface area contributed by atoms with Crippen molar-refractivity contribution in [3.05, 3.63) is 41.3 Å². The van der Waals surface area contributed by atoms with Crippen LogP contribution in [0.15, 0.2) is 40.1 Å². The Morgan fingerprint density at radius 1 is 1.31 bits per heavy atom. The summed E-state index contributed by atoms with van der Waals surface area (Å²) in [5, 5.41) is 0. The molecule has 0 aliphatic heterocycles. The minimum atomic E-state index is -0.355. The fourth-order valence-corrected chi connectivity index (χ4v) is 0.848. The number of hydrogen-bond donors (Lipinski definition) is 0. The zero-order valence-electron chi connectivity index (χ0n) is 6.54. The summed E-state index contributed by atoms with van der Waals surface area (Å²) in [6.45, 7) is 0. The molecule has 0 saturated carbocycles. The lowest BCUT2D eigenvalue weighted by Crippen LogP contribution is -2.04. The molecule has 0 amide bonds. The van der Waals surface area contributed by atoms with E-state index >= 15 is 0 Å². The lowest BCUT2D eigenvalue weighted by molar-refractivity contribution is 0.539. The Bertz CT molecular complexity index is 452. The van der Waals surface area contributed by atoms with Crippen LogP contribution < -0.4 is 5.56 Å². The van der Waals surface area contributed by atoms with Crippen LogP contribution in [-0.4, -0.2) is 15.0 Å². The smallest absolute Gasteiger partial charge is 0.276 e. The molecule has 2 rings (SSSR count). The lowest BCUT2D eigenvalue weighted by Gasteiger charge is -1.94. The molecule has 5 nitrogen and oxygen atoms in total. The normalized spacial score (nSPS) is 9.85. The van der Waals surface area contributed by atoms with Gasteiger partial charge < -0.3 is 4.42 Å². The second kappa shape index (κ2) is 3.14. The van der Waals surface area contributed by atoms with Crippen molar-refractivity contribution in [3.8, 4) is 11.6 Å². The minimum Gasteiger partial charge on any atom is -0.445 e. The van der Waals surface area contributed by atoms with Gasteiger partial charge in [0, 0.05) is 18.5 Å². The predicted molar refractivity (Wildman–Crippen MR) is 43.8 cm³/mol. The van der Waals surface area contributed by atoms with Crippen molar-refractivity contribution >= 4 is 0 Å². The van der Waals surface area contributed by atoms with Gasteiger partial charge in [0.25, 0.3) is 5.56 Å². The summed E-state index contributed by atoms with van der Waals surface area (Å²) in [5.74, 6) is 0.181. The summed E-state index contributed by atoms with van der Waals surface area (Å²) >= 11 is 0. The molecular weight excluding hydrogens is 170 g/mol. The van der Waals surface area contributed by atoms with Crippen molar-refractivity contribution in [1.29, 1.82) is 0 Å². The van der Waals surface area contributed by atoms with E-state index in [9.17, 15) is 4.79 Å². The standard InChI is InChI=1S/C8H5N3O2/c12-7-1-4-13-8(11-7)6-5-9-2-3-10-6/h1-5H. The molecule has 2 heterocycles. The van der Waals surface area contributed by atoms with Crippen LogP contribution in [0.25, 0.3) is 11.6 Å². The number of nitrogens with zero attached hydrogens (tertiary/aromatic N) is 3. The maximum atomic E-state index is 10.8. The zero-order chi connectivity index (χ0) is 9.10. The van der Waals surface area contributed by atoms with Gasteiger partial charge in [0.2, 0.25) is 5.89 Å². The average Bonchev–Trinajstić information content (AvgIpc) is 2.19. The van der Waals surface area contributed by atoms with Gasteiger partial charge in [-0.2, -0.15) is 4.98 Å². The van der Waals surface area contributed by atoms with Crippen molar-refractivity contribution in [2.24, 2.45) is 0 Å². The van der Waals surface area contributed by atoms with Gasteiger partial charge in [-0.15, -0.1) is 0 Å². The van der Waals surface area contributed by atoms with Crippen molar-refractivity contribution in [1.82, 2.24) is 15.0 Å². The Hall–Kier alpha value is -2.04. The lowest BCUT2D eigenvalue weighted by atomic mass is 10.4. The largest absolute Gasteiger partial charge is 0.445 e. The van der Waals surface area contributed by atoms with Gasteiger partial charge in [-0.05, 0) is 0 Å². The van der Waals surface area contributed by atoms with Gasteiger partial charge in [-0.25, -0.2) is 4.98 Å². The van der Waals surface area contributed by atoms with Gasteiger partial charge in [-0.3, -0.25) is 9.78 Å². The van der Waals surface area contributed by atoms with E-state index in [0.29, 0.717) is 5.69 Å². The second-order valence-electron chi connectivity index (χ2n) is 2.27. The first-order valence-corrected chi connectivity index (χ1v) is 3.58. The molecule has 0 bridgehead atoms. The zero-order valence-corrected chi connectivity index (χ0v) is 6.54. The number of aromatic nitrogens is 3. The van der Waals surface area contributed by atoms with Crippen molar-refractivity contribution < 1.29 is 4.42 Å². The Balaban J connectivity index is 2.54. The van der Waals surface area contributed by atoms with E-state index < -0.39 is 0 Å². The molecule has 0 aromatic carbocycles. The van der Waals surface area contributed by atoms with Gasteiger partial charge in [0.05, 0.1) is 12.5 Å². The van der Waals surface area contributed by atoms with E-state index in [1.165, 1.54) is 30.9 Å². The molecule has 0 unspecified atom stereocenters. The molecule has 0 saturated heterocycles. The van der Waals surface area contributed by atoms with Gasteiger partial charge in [0.1, 0.15) is 5.69 Å². The summed E-state index contributed by atoms with van der Waals surface area (Å²) in [7, 11) is 0. The maximum absolute atomic E-state index is 10.8. The molecule has 0 atom stereocenters. The summed E-state index contributed by atoms with van der Waals surface area (Å²) in [5.41, 5.74) is 0.0899. The summed E-state index contributed by atoms with van der Waals surface area (Å²) in [6, 6.07) is 1.24. The topological polar surface area (TPSA) is 68.9 Å². The molecule has 0 N–H and O–H groups in total. The fraction of sp³-hybridized carbons (Fsp3) is 0. The first kappa shape index (κ1) is 7.60. The molecule has 13 heavy (non-hydrogen) atoms. The molecule has 2 aromatic rings. The third-order valence-corrected chi connectivity index (χ3v) is 1.38. The van der Waals surface area contributed by atoms with E-state index in [1.807, 2.05) is 0 Å². The molecule has 0 radical (unpaired) electrons. The van der Waals surface area contributed by atoms with Gasteiger partial charge in [0.15, 0.2) is 0 Å². The van der Waals surface area contributed by atoms with E-state index in [0.717, 1.165) is 0 Å². The van der Waals surface area contributed by atoms with E-state index in [4.69, 9.17) is 4.42 Å². The van der Waals surface area contributed by atoms with Crippen molar-refractivity contribution in [2.75, 3.05) is 0 Å². The number of hydrogen-bond acceptors (Lipinski definition) is 5. The molecule has 0 fully saturated rings. The number of rotatable bonds is 1. The SMILES string of the molecule is O=c1ccoc(-c2cnccn2)n1. The third kappa shape index (κ3) is 1.58. The second-order valence-corrected chi connectivity index (χ2v) is 2.27. The summed E-state index contributed by atoms with van der Waals surface area (Å²) < 4.78 is 4.98. The molecule has 2 aromatic heterocycles. The predicted octanol–water partition coefficient (Wildman–Crippen LogP) is 0.492. The minimum absolute atomic E-state index is 0.181. The van der Waals surface area contributed by atoms with Gasteiger partial charge in [-0.1, -0.05) is 0 Å². The highest BCUT2D eigenvalue weighted by atomic mass is 16.3. The van der Waals surface area contributed by atoms with E-state index in [2.05, 4.69) is 15.0 Å². The van der Waals surface area contributed by atoms with Crippen LogP contribution in [0.1, 0.15) is 0 Å².